The van der Waals surface area contributed by atoms with Gasteiger partial charge in [-0.05, 0) is 24.5 Å². The second-order valence-electron chi connectivity index (χ2n) is 4.58. The fourth-order valence-corrected chi connectivity index (χ4v) is 1.30. The molecule has 17 heavy (non-hydrogen) atoms. The normalized spacial score (nSPS) is 10.6. The minimum atomic E-state index is 0.466. The zero-order chi connectivity index (χ0) is 12.7. The van der Waals surface area contributed by atoms with E-state index in [0.717, 1.165) is 18.8 Å². The van der Waals surface area contributed by atoms with Gasteiger partial charge in [0.1, 0.15) is 5.82 Å². The number of rotatable bonds is 7. The molecule has 96 valence electrons. The zero-order valence-electron chi connectivity index (χ0n) is 11.0. The molecule has 0 saturated heterocycles. The second-order valence-corrected chi connectivity index (χ2v) is 4.58. The van der Waals surface area contributed by atoms with Gasteiger partial charge >= 0.3 is 0 Å². The van der Waals surface area contributed by atoms with E-state index in [-0.39, 0.29) is 0 Å². The van der Waals surface area contributed by atoms with Crippen molar-refractivity contribution >= 4 is 11.5 Å². The van der Waals surface area contributed by atoms with Gasteiger partial charge in [0, 0.05) is 6.54 Å². The lowest BCUT2D eigenvalue weighted by Gasteiger charge is -2.12. The molecule has 4 heteroatoms. The zero-order valence-corrected chi connectivity index (χ0v) is 11.0. The summed E-state index contributed by atoms with van der Waals surface area (Å²) in [5.74, 6) is 1.82. The molecule has 1 rings (SSSR count). The Morgan fingerprint density at radius 3 is 2.82 bits per heavy atom. The average Bonchev–Trinajstić information content (AvgIpc) is 2.29. The van der Waals surface area contributed by atoms with Gasteiger partial charge in [0.05, 0.1) is 12.3 Å². The summed E-state index contributed by atoms with van der Waals surface area (Å²) >= 11 is 0. The molecule has 0 atom stereocenters. The molecular formula is C13H23N3O. The highest BCUT2D eigenvalue weighted by Crippen LogP contribution is 2.21. The molecule has 0 aliphatic carbocycles. The molecule has 1 heterocycles. The van der Waals surface area contributed by atoms with Crippen LogP contribution in [0.5, 0.6) is 5.88 Å². The van der Waals surface area contributed by atoms with E-state index in [2.05, 4.69) is 31.1 Å². The first-order chi connectivity index (χ1) is 8.13. The number of nitrogens with one attached hydrogen (secondary N) is 1. The Kier molecular flexibility index (Phi) is 5.60. The summed E-state index contributed by atoms with van der Waals surface area (Å²) in [7, 11) is 0. The van der Waals surface area contributed by atoms with E-state index in [0.29, 0.717) is 24.1 Å². The Morgan fingerprint density at radius 2 is 2.18 bits per heavy atom. The Hall–Kier alpha value is -1.45. The summed E-state index contributed by atoms with van der Waals surface area (Å²) in [6, 6.07) is 3.71. The molecule has 0 aliphatic rings. The molecule has 3 N–H and O–H groups in total. The third-order valence-electron chi connectivity index (χ3n) is 2.28. The van der Waals surface area contributed by atoms with Crippen LogP contribution in [0.4, 0.5) is 11.5 Å². The second kappa shape index (κ2) is 6.99. The number of ether oxygens (including phenoxy) is 1. The van der Waals surface area contributed by atoms with Crippen LogP contribution in [-0.4, -0.2) is 18.1 Å². The number of unbranched alkanes of at least 4 members (excludes halogenated alkanes) is 1. The van der Waals surface area contributed by atoms with Gasteiger partial charge in [0.2, 0.25) is 5.88 Å². The molecule has 0 saturated carbocycles. The van der Waals surface area contributed by atoms with E-state index < -0.39 is 0 Å². The largest absolute Gasteiger partial charge is 0.476 e. The standard InChI is InChI=1S/C13H23N3O/c1-4-5-8-15-12-7-6-11(14)13(16-12)17-9-10(2)3/h6-7,10H,4-5,8-9,14H2,1-3H3,(H,15,16). The van der Waals surface area contributed by atoms with Gasteiger partial charge in [-0.2, -0.15) is 4.98 Å². The minimum Gasteiger partial charge on any atom is -0.476 e. The Balaban J connectivity index is 2.59. The molecule has 1 aromatic heterocycles. The van der Waals surface area contributed by atoms with Gasteiger partial charge in [-0.15, -0.1) is 0 Å². The molecule has 0 amide bonds. The molecule has 0 radical (unpaired) electrons. The van der Waals surface area contributed by atoms with E-state index in [1.807, 2.05) is 12.1 Å². The molecule has 0 unspecified atom stereocenters. The van der Waals surface area contributed by atoms with Crippen molar-refractivity contribution in [2.75, 3.05) is 24.2 Å². The SMILES string of the molecule is CCCCNc1ccc(N)c(OCC(C)C)n1. The Labute approximate surface area is 104 Å². The highest BCUT2D eigenvalue weighted by molar-refractivity contribution is 5.53. The van der Waals surface area contributed by atoms with E-state index in [4.69, 9.17) is 10.5 Å². The minimum absolute atomic E-state index is 0.466. The van der Waals surface area contributed by atoms with Gasteiger partial charge in [-0.25, -0.2) is 0 Å². The van der Waals surface area contributed by atoms with Gasteiger partial charge in [-0.1, -0.05) is 27.2 Å². The molecule has 0 aromatic carbocycles. The molecule has 0 bridgehead atoms. The third kappa shape index (κ3) is 4.93. The van der Waals surface area contributed by atoms with Crippen LogP contribution in [0.15, 0.2) is 12.1 Å². The summed E-state index contributed by atoms with van der Waals surface area (Å²) in [5, 5.41) is 3.25. The fourth-order valence-electron chi connectivity index (χ4n) is 1.30. The van der Waals surface area contributed by atoms with Crippen molar-refractivity contribution < 1.29 is 4.74 Å². The van der Waals surface area contributed by atoms with Crippen molar-refractivity contribution in [3.8, 4) is 5.88 Å². The number of nitrogen functional groups attached to an aromatic ring is 1. The number of pyridine rings is 1. The maximum Gasteiger partial charge on any atom is 0.239 e. The van der Waals surface area contributed by atoms with Crippen LogP contribution in [0.1, 0.15) is 33.6 Å². The molecule has 1 aromatic rings. The monoisotopic (exact) mass is 237 g/mol. The van der Waals surface area contributed by atoms with Gasteiger partial charge in [0.25, 0.3) is 0 Å². The number of anilines is 2. The lowest BCUT2D eigenvalue weighted by molar-refractivity contribution is 0.263. The number of nitrogens with zero attached hydrogens (tertiary/aromatic N) is 1. The summed E-state index contributed by atoms with van der Waals surface area (Å²) < 4.78 is 5.57. The van der Waals surface area contributed by atoms with Crippen LogP contribution in [0.25, 0.3) is 0 Å². The molecule has 0 spiro atoms. The van der Waals surface area contributed by atoms with Crippen LogP contribution in [0.3, 0.4) is 0 Å². The van der Waals surface area contributed by atoms with Crippen LogP contribution in [-0.2, 0) is 0 Å². The molecular weight excluding hydrogens is 214 g/mol. The van der Waals surface area contributed by atoms with Crippen molar-refractivity contribution in [1.29, 1.82) is 0 Å². The Bertz CT molecular complexity index is 339. The fraction of sp³-hybridized carbons (Fsp3) is 0.615. The average molecular weight is 237 g/mol. The predicted molar refractivity (Wildman–Crippen MR) is 72.4 cm³/mol. The van der Waals surface area contributed by atoms with Crippen molar-refractivity contribution in [1.82, 2.24) is 4.98 Å². The maximum atomic E-state index is 5.82. The molecule has 0 aliphatic heterocycles. The maximum absolute atomic E-state index is 5.82. The van der Waals surface area contributed by atoms with Crippen molar-refractivity contribution in [2.24, 2.45) is 5.92 Å². The summed E-state index contributed by atoms with van der Waals surface area (Å²) in [4.78, 5) is 4.36. The third-order valence-corrected chi connectivity index (χ3v) is 2.28. The highest BCUT2D eigenvalue weighted by atomic mass is 16.5. The van der Waals surface area contributed by atoms with E-state index in [9.17, 15) is 0 Å². The van der Waals surface area contributed by atoms with Gasteiger partial charge in [-0.3, -0.25) is 0 Å². The summed E-state index contributed by atoms with van der Waals surface area (Å²) in [6.07, 6.45) is 2.30. The topological polar surface area (TPSA) is 60.2 Å². The Morgan fingerprint density at radius 1 is 1.41 bits per heavy atom. The quantitative estimate of drug-likeness (QED) is 0.716. The van der Waals surface area contributed by atoms with E-state index in [1.54, 1.807) is 0 Å². The first-order valence-electron chi connectivity index (χ1n) is 6.26. The first-order valence-corrected chi connectivity index (χ1v) is 6.26. The van der Waals surface area contributed by atoms with E-state index >= 15 is 0 Å². The van der Waals surface area contributed by atoms with Crippen molar-refractivity contribution in [2.45, 2.75) is 33.6 Å². The van der Waals surface area contributed by atoms with Crippen LogP contribution >= 0.6 is 0 Å². The van der Waals surface area contributed by atoms with Gasteiger partial charge in [0.15, 0.2) is 0 Å². The number of hydrogen-bond donors (Lipinski definition) is 2. The summed E-state index contributed by atoms with van der Waals surface area (Å²) in [5.41, 5.74) is 6.40. The van der Waals surface area contributed by atoms with Crippen molar-refractivity contribution in [3.63, 3.8) is 0 Å². The predicted octanol–water partition coefficient (Wildman–Crippen LogP) is 2.91. The lowest BCUT2D eigenvalue weighted by atomic mass is 10.2. The summed E-state index contributed by atoms with van der Waals surface area (Å²) in [6.45, 7) is 7.92. The smallest absolute Gasteiger partial charge is 0.239 e. The van der Waals surface area contributed by atoms with Crippen LogP contribution < -0.4 is 15.8 Å². The number of hydrogen-bond acceptors (Lipinski definition) is 4. The van der Waals surface area contributed by atoms with Crippen molar-refractivity contribution in [3.05, 3.63) is 12.1 Å². The highest BCUT2D eigenvalue weighted by Gasteiger charge is 2.05. The van der Waals surface area contributed by atoms with E-state index in [1.165, 1.54) is 6.42 Å². The number of nitrogens with two attached hydrogens (primary N) is 1. The molecule has 4 nitrogen and oxygen atoms in total. The van der Waals surface area contributed by atoms with Crippen LogP contribution in [0, 0.1) is 5.92 Å². The first kappa shape index (κ1) is 13.6. The number of aromatic nitrogens is 1. The molecule has 0 fully saturated rings. The van der Waals surface area contributed by atoms with Crippen LogP contribution in [0.2, 0.25) is 0 Å². The lowest BCUT2D eigenvalue weighted by Crippen LogP contribution is -2.09. The van der Waals surface area contributed by atoms with Gasteiger partial charge < -0.3 is 15.8 Å².